The zero-order valence-corrected chi connectivity index (χ0v) is 14.6. The number of hydrogen-bond acceptors (Lipinski definition) is 4. The third-order valence-electron chi connectivity index (χ3n) is 4.75. The summed E-state index contributed by atoms with van der Waals surface area (Å²) in [6.07, 6.45) is 4.49. The first-order chi connectivity index (χ1) is 11.8. The summed E-state index contributed by atoms with van der Waals surface area (Å²) in [7, 11) is 0. The predicted molar refractivity (Wildman–Crippen MR) is 96.8 cm³/mol. The van der Waals surface area contributed by atoms with Gasteiger partial charge in [0, 0.05) is 19.3 Å². The molecule has 0 amide bonds. The summed E-state index contributed by atoms with van der Waals surface area (Å²) in [5.74, 6) is 0. The number of para-hydroxylation sites is 1. The van der Waals surface area contributed by atoms with E-state index in [1.165, 1.54) is 28.1 Å². The summed E-state index contributed by atoms with van der Waals surface area (Å²) in [4.78, 5) is 7.37. The quantitative estimate of drug-likeness (QED) is 0.712. The molecule has 2 aromatic heterocycles. The van der Waals surface area contributed by atoms with Crippen LogP contribution in [0.3, 0.4) is 0 Å². The van der Waals surface area contributed by atoms with Gasteiger partial charge in [0.15, 0.2) is 0 Å². The Morgan fingerprint density at radius 2 is 2.25 bits per heavy atom. The number of nitrogens with zero attached hydrogens (tertiary/aromatic N) is 4. The molecule has 0 spiro atoms. The molecule has 0 bridgehead atoms. The molecule has 24 heavy (non-hydrogen) atoms. The Hall–Kier alpha value is -2.16. The Balaban J connectivity index is 1.58. The maximum Gasteiger partial charge on any atom is 0.120 e. The molecule has 5 heteroatoms. The van der Waals surface area contributed by atoms with Crippen molar-refractivity contribution in [1.29, 1.82) is 5.26 Å². The summed E-state index contributed by atoms with van der Waals surface area (Å²) in [6, 6.07) is 13.1. The highest BCUT2D eigenvalue weighted by molar-refractivity contribution is 7.18. The van der Waals surface area contributed by atoms with Crippen molar-refractivity contribution < 1.29 is 0 Å². The Labute approximate surface area is 146 Å². The number of thiazole rings is 1. The highest BCUT2D eigenvalue weighted by atomic mass is 32.1. The van der Waals surface area contributed by atoms with E-state index in [0.29, 0.717) is 6.04 Å². The van der Waals surface area contributed by atoms with Crippen LogP contribution in [0.5, 0.6) is 0 Å². The van der Waals surface area contributed by atoms with Crippen molar-refractivity contribution in [2.24, 2.45) is 0 Å². The Morgan fingerprint density at radius 3 is 3.00 bits per heavy atom. The van der Waals surface area contributed by atoms with Crippen molar-refractivity contribution in [3.63, 3.8) is 0 Å². The maximum absolute atomic E-state index is 9.24. The van der Waals surface area contributed by atoms with Gasteiger partial charge in [0.25, 0.3) is 0 Å². The molecule has 0 aliphatic carbocycles. The van der Waals surface area contributed by atoms with Crippen LogP contribution in [-0.2, 0) is 13.1 Å². The Morgan fingerprint density at radius 1 is 1.38 bits per heavy atom. The molecule has 3 heterocycles. The lowest BCUT2D eigenvalue weighted by Crippen LogP contribution is -2.22. The summed E-state index contributed by atoms with van der Waals surface area (Å²) in [5, 5.41) is 10.5. The van der Waals surface area contributed by atoms with Gasteiger partial charge in [-0.05, 0) is 50.1 Å². The number of aromatic nitrogens is 2. The lowest BCUT2D eigenvalue weighted by Gasteiger charge is -2.22. The van der Waals surface area contributed by atoms with Gasteiger partial charge < -0.3 is 4.57 Å². The van der Waals surface area contributed by atoms with Gasteiger partial charge >= 0.3 is 0 Å². The number of fused-ring (bicyclic) bond motifs is 1. The molecule has 1 saturated heterocycles. The monoisotopic (exact) mass is 336 g/mol. The molecular weight excluding hydrogens is 316 g/mol. The number of rotatable bonds is 4. The van der Waals surface area contributed by atoms with Crippen LogP contribution in [0.15, 0.2) is 36.5 Å². The number of nitriles is 1. The molecular formula is C19H20N4S. The zero-order valence-electron chi connectivity index (χ0n) is 13.8. The van der Waals surface area contributed by atoms with Crippen LogP contribution in [0.25, 0.3) is 10.2 Å². The van der Waals surface area contributed by atoms with Gasteiger partial charge in [-0.1, -0.05) is 12.1 Å². The SMILES string of the molecule is CCn1cc(CN2CCC[C@@H]2c2nc3ccccc3s2)cc1C#N. The Kier molecular flexibility index (Phi) is 4.09. The van der Waals surface area contributed by atoms with E-state index in [2.05, 4.69) is 48.4 Å². The van der Waals surface area contributed by atoms with E-state index < -0.39 is 0 Å². The van der Waals surface area contributed by atoms with Gasteiger partial charge in [0.05, 0.1) is 16.3 Å². The predicted octanol–water partition coefficient (Wildman–Crippen LogP) is 4.33. The minimum absolute atomic E-state index is 0.401. The molecule has 4 nitrogen and oxygen atoms in total. The molecule has 1 fully saturated rings. The number of likely N-dealkylation sites (tertiary alicyclic amines) is 1. The van der Waals surface area contributed by atoms with Crippen molar-refractivity contribution in [2.45, 2.75) is 38.9 Å². The first-order valence-electron chi connectivity index (χ1n) is 8.47. The van der Waals surface area contributed by atoms with Crippen LogP contribution in [-0.4, -0.2) is 21.0 Å². The first-order valence-corrected chi connectivity index (χ1v) is 9.29. The van der Waals surface area contributed by atoms with E-state index >= 15 is 0 Å². The van der Waals surface area contributed by atoms with Crippen molar-refractivity contribution in [2.75, 3.05) is 6.54 Å². The second-order valence-electron chi connectivity index (χ2n) is 6.28. The summed E-state index contributed by atoms with van der Waals surface area (Å²) >= 11 is 1.82. The summed E-state index contributed by atoms with van der Waals surface area (Å²) < 4.78 is 3.29. The second-order valence-corrected chi connectivity index (χ2v) is 7.34. The maximum atomic E-state index is 9.24. The van der Waals surface area contributed by atoms with Crippen LogP contribution in [0.1, 0.15) is 42.1 Å². The normalized spacial score (nSPS) is 18.2. The van der Waals surface area contributed by atoms with E-state index in [-0.39, 0.29) is 0 Å². The van der Waals surface area contributed by atoms with E-state index in [9.17, 15) is 5.26 Å². The fourth-order valence-corrected chi connectivity index (χ4v) is 4.71. The third-order valence-corrected chi connectivity index (χ3v) is 5.89. The first kappa shape index (κ1) is 15.4. The molecule has 0 saturated carbocycles. The lowest BCUT2D eigenvalue weighted by molar-refractivity contribution is 0.248. The van der Waals surface area contributed by atoms with Crippen LogP contribution in [0.4, 0.5) is 0 Å². The highest BCUT2D eigenvalue weighted by Crippen LogP contribution is 2.37. The number of benzene rings is 1. The molecule has 1 aromatic carbocycles. The van der Waals surface area contributed by atoms with Gasteiger partial charge in [-0.3, -0.25) is 4.90 Å². The molecule has 0 N–H and O–H groups in total. The highest BCUT2D eigenvalue weighted by Gasteiger charge is 2.29. The van der Waals surface area contributed by atoms with Crippen molar-refractivity contribution in [3.8, 4) is 6.07 Å². The topological polar surface area (TPSA) is 44.9 Å². The van der Waals surface area contributed by atoms with Crippen LogP contribution in [0, 0.1) is 11.3 Å². The van der Waals surface area contributed by atoms with Gasteiger partial charge in [0.1, 0.15) is 16.8 Å². The van der Waals surface area contributed by atoms with Crippen LogP contribution in [0.2, 0.25) is 0 Å². The molecule has 1 aliphatic rings. The number of hydrogen-bond donors (Lipinski definition) is 0. The molecule has 3 aromatic rings. The zero-order chi connectivity index (χ0) is 16.5. The van der Waals surface area contributed by atoms with Crippen molar-refractivity contribution in [1.82, 2.24) is 14.5 Å². The Bertz CT molecular complexity index is 869. The van der Waals surface area contributed by atoms with Crippen molar-refractivity contribution >= 4 is 21.6 Å². The number of aryl methyl sites for hydroxylation is 1. The fourth-order valence-electron chi connectivity index (χ4n) is 3.57. The van der Waals surface area contributed by atoms with Crippen LogP contribution < -0.4 is 0 Å². The summed E-state index contributed by atoms with van der Waals surface area (Å²) in [5.41, 5.74) is 3.08. The standard InChI is InChI=1S/C19H20N4S/c1-2-22-12-14(10-15(22)11-20)13-23-9-5-7-17(23)19-21-16-6-3-4-8-18(16)24-19/h3-4,6,8,10,12,17H,2,5,7,9,13H2,1H3/t17-/m1/s1. The van der Waals surface area contributed by atoms with Gasteiger partial charge in [0.2, 0.25) is 0 Å². The molecule has 4 rings (SSSR count). The summed E-state index contributed by atoms with van der Waals surface area (Å²) in [6.45, 7) is 4.90. The molecule has 1 atom stereocenters. The van der Waals surface area contributed by atoms with Gasteiger partial charge in [-0.25, -0.2) is 4.98 Å². The average Bonchev–Trinajstić information content (AvgIpc) is 3.31. The lowest BCUT2D eigenvalue weighted by atomic mass is 10.2. The van der Waals surface area contributed by atoms with Gasteiger partial charge in [-0.2, -0.15) is 5.26 Å². The average molecular weight is 336 g/mol. The van der Waals surface area contributed by atoms with Crippen molar-refractivity contribution in [3.05, 3.63) is 52.8 Å². The minimum atomic E-state index is 0.401. The van der Waals surface area contributed by atoms with Crippen LogP contribution >= 0.6 is 11.3 Å². The molecule has 0 radical (unpaired) electrons. The van der Waals surface area contributed by atoms with E-state index in [0.717, 1.165) is 30.8 Å². The second kappa shape index (κ2) is 6.39. The van der Waals surface area contributed by atoms with E-state index in [1.807, 2.05) is 22.0 Å². The van der Waals surface area contributed by atoms with Gasteiger partial charge in [-0.15, -0.1) is 11.3 Å². The smallest absolute Gasteiger partial charge is 0.120 e. The minimum Gasteiger partial charge on any atom is -0.339 e. The molecule has 1 aliphatic heterocycles. The molecule has 122 valence electrons. The molecule has 0 unspecified atom stereocenters. The van der Waals surface area contributed by atoms with E-state index in [1.54, 1.807) is 0 Å². The van der Waals surface area contributed by atoms with E-state index in [4.69, 9.17) is 4.98 Å². The largest absolute Gasteiger partial charge is 0.339 e. The fraction of sp³-hybridized carbons (Fsp3) is 0.368. The third kappa shape index (κ3) is 2.72.